The van der Waals surface area contributed by atoms with E-state index in [1.165, 1.54) is 22.3 Å². The van der Waals surface area contributed by atoms with Crippen molar-refractivity contribution in [2.24, 2.45) is 5.73 Å². The van der Waals surface area contributed by atoms with Crippen LogP contribution in [0.3, 0.4) is 0 Å². The molecule has 3 nitrogen and oxygen atoms in total. The van der Waals surface area contributed by atoms with E-state index in [-0.39, 0.29) is 0 Å². The standard InChI is InChI=1S/C14H19N3/c1-8-5-6-12(10(3)9(8)2)14-13(7-15)16-11(4)17-14/h5-6H,7,15H2,1-4H3,(H,16,17). The molecule has 0 saturated heterocycles. The van der Waals surface area contributed by atoms with Crippen molar-refractivity contribution in [1.29, 1.82) is 0 Å². The summed E-state index contributed by atoms with van der Waals surface area (Å²) >= 11 is 0. The first kappa shape index (κ1) is 11.9. The molecule has 0 atom stereocenters. The van der Waals surface area contributed by atoms with Crippen LogP contribution in [0, 0.1) is 27.7 Å². The zero-order valence-electron chi connectivity index (χ0n) is 10.9. The number of hydrogen-bond acceptors (Lipinski definition) is 2. The largest absolute Gasteiger partial charge is 0.345 e. The van der Waals surface area contributed by atoms with Gasteiger partial charge < -0.3 is 10.7 Å². The van der Waals surface area contributed by atoms with E-state index < -0.39 is 0 Å². The minimum atomic E-state index is 0.489. The Kier molecular flexibility index (Phi) is 3.03. The zero-order valence-corrected chi connectivity index (χ0v) is 10.9. The fourth-order valence-corrected chi connectivity index (χ4v) is 2.12. The van der Waals surface area contributed by atoms with Gasteiger partial charge in [0.25, 0.3) is 0 Å². The van der Waals surface area contributed by atoms with Gasteiger partial charge in [-0.05, 0) is 44.4 Å². The second-order valence-electron chi connectivity index (χ2n) is 4.53. The number of aromatic amines is 1. The number of hydrogen-bond donors (Lipinski definition) is 2. The summed E-state index contributed by atoms with van der Waals surface area (Å²) in [5.41, 5.74) is 12.8. The van der Waals surface area contributed by atoms with E-state index in [9.17, 15) is 0 Å². The van der Waals surface area contributed by atoms with Crippen molar-refractivity contribution in [1.82, 2.24) is 9.97 Å². The highest BCUT2D eigenvalue weighted by Crippen LogP contribution is 2.28. The minimum Gasteiger partial charge on any atom is -0.345 e. The number of nitrogens with one attached hydrogen (secondary N) is 1. The van der Waals surface area contributed by atoms with Crippen LogP contribution in [0.15, 0.2) is 12.1 Å². The number of aryl methyl sites for hydroxylation is 2. The lowest BCUT2D eigenvalue weighted by Crippen LogP contribution is -2.00. The quantitative estimate of drug-likeness (QED) is 0.832. The molecule has 17 heavy (non-hydrogen) atoms. The topological polar surface area (TPSA) is 54.7 Å². The van der Waals surface area contributed by atoms with Gasteiger partial charge in [0.15, 0.2) is 0 Å². The fraction of sp³-hybridized carbons (Fsp3) is 0.357. The molecule has 3 heteroatoms. The van der Waals surface area contributed by atoms with Gasteiger partial charge >= 0.3 is 0 Å². The number of aromatic nitrogens is 2. The van der Waals surface area contributed by atoms with Gasteiger partial charge in [-0.15, -0.1) is 0 Å². The maximum atomic E-state index is 5.75. The molecule has 0 unspecified atom stereocenters. The van der Waals surface area contributed by atoms with Gasteiger partial charge in [0, 0.05) is 12.1 Å². The summed E-state index contributed by atoms with van der Waals surface area (Å²) in [7, 11) is 0. The number of nitrogens with two attached hydrogens (primary N) is 1. The predicted molar refractivity (Wildman–Crippen MR) is 70.9 cm³/mol. The van der Waals surface area contributed by atoms with E-state index in [0.29, 0.717) is 6.54 Å². The Morgan fingerprint density at radius 2 is 1.82 bits per heavy atom. The maximum absolute atomic E-state index is 5.75. The Labute approximate surface area is 102 Å². The van der Waals surface area contributed by atoms with Gasteiger partial charge in [-0.1, -0.05) is 12.1 Å². The molecule has 0 amide bonds. The molecule has 0 aliphatic carbocycles. The number of nitrogens with zero attached hydrogens (tertiary/aromatic N) is 1. The molecule has 2 aromatic rings. The molecular weight excluding hydrogens is 210 g/mol. The molecule has 0 radical (unpaired) electrons. The summed E-state index contributed by atoms with van der Waals surface area (Å²) in [6.45, 7) is 8.87. The van der Waals surface area contributed by atoms with E-state index in [1.54, 1.807) is 0 Å². The van der Waals surface area contributed by atoms with Crippen molar-refractivity contribution in [2.75, 3.05) is 0 Å². The van der Waals surface area contributed by atoms with E-state index in [1.807, 2.05) is 6.92 Å². The van der Waals surface area contributed by atoms with Gasteiger partial charge in [-0.2, -0.15) is 0 Å². The first-order chi connectivity index (χ1) is 8.04. The molecule has 0 saturated carbocycles. The Morgan fingerprint density at radius 3 is 2.47 bits per heavy atom. The van der Waals surface area contributed by atoms with Crippen molar-refractivity contribution in [2.45, 2.75) is 34.2 Å². The molecule has 0 aliphatic heterocycles. The van der Waals surface area contributed by atoms with E-state index in [0.717, 1.165) is 17.2 Å². The average molecular weight is 229 g/mol. The molecule has 0 fully saturated rings. The summed E-state index contributed by atoms with van der Waals surface area (Å²) in [4.78, 5) is 7.77. The van der Waals surface area contributed by atoms with Crippen LogP contribution < -0.4 is 5.73 Å². The molecule has 1 heterocycles. The second kappa shape index (κ2) is 4.34. The Morgan fingerprint density at radius 1 is 1.12 bits per heavy atom. The number of imidazole rings is 1. The summed E-state index contributed by atoms with van der Waals surface area (Å²) in [6.07, 6.45) is 0. The first-order valence-corrected chi connectivity index (χ1v) is 5.87. The lowest BCUT2D eigenvalue weighted by molar-refractivity contribution is 0.998. The van der Waals surface area contributed by atoms with Crippen molar-refractivity contribution in [3.63, 3.8) is 0 Å². The molecule has 0 spiro atoms. The van der Waals surface area contributed by atoms with Crippen LogP contribution in [0.4, 0.5) is 0 Å². The van der Waals surface area contributed by atoms with Crippen molar-refractivity contribution in [3.05, 3.63) is 40.3 Å². The molecule has 0 aliphatic rings. The molecule has 90 valence electrons. The average Bonchev–Trinajstić information content (AvgIpc) is 2.67. The lowest BCUT2D eigenvalue weighted by atomic mass is 9.96. The summed E-state index contributed by atoms with van der Waals surface area (Å²) in [5.74, 6) is 0.915. The SMILES string of the molecule is Cc1nc(-c2ccc(C)c(C)c2C)c(CN)[nH]1. The molecule has 2 rings (SSSR count). The third-order valence-electron chi connectivity index (χ3n) is 3.41. The van der Waals surface area contributed by atoms with Crippen LogP contribution in [0.25, 0.3) is 11.3 Å². The normalized spacial score (nSPS) is 10.9. The Hall–Kier alpha value is -1.61. The fourth-order valence-electron chi connectivity index (χ4n) is 2.12. The number of rotatable bonds is 2. The van der Waals surface area contributed by atoms with Crippen LogP contribution in [0.1, 0.15) is 28.2 Å². The molecule has 0 bridgehead atoms. The minimum absolute atomic E-state index is 0.489. The molecule has 1 aromatic heterocycles. The second-order valence-corrected chi connectivity index (χ2v) is 4.53. The van der Waals surface area contributed by atoms with Crippen LogP contribution in [-0.4, -0.2) is 9.97 Å². The third-order valence-corrected chi connectivity index (χ3v) is 3.41. The van der Waals surface area contributed by atoms with Gasteiger partial charge in [0.05, 0.1) is 11.4 Å². The molecule has 3 N–H and O–H groups in total. The monoisotopic (exact) mass is 229 g/mol. The van der Waals surface area contributed by atoms with E-state index >= 15 is 0 Å². The smallest absolute Gasteiger partial charge is 0.103 e. The number of H-pyrrole nitrogens is 1. The van der Waals surface area contributed by atoms with Crippen molar-refractivity contribution in [3.8, 4) is 11.3 Å². The van der Waals surface area contributed by atoms with Crippen LogP contribution >= 0.6 is 0 Å². The van der Waals surface area contributed by atoms with Crippen LogP contribution in [-0.2, 0) is 6.54 Å². The van der Waals surface area contributed by atoms with Crippen molar-refractivity contribution >= 4 is 0 Å². The van der Waals surface area contributed by atoms with Crippen LogP contribution in [0.2, 0.25) is 0 Å². The molecular formula is C14H19N3. The van der Waals surface area contributed by atoms with Crippen LogP contribution in [0.5, 0.6) is 0 Å². The highest BCUT2D eigenvalue weighted by atomic mass is 14.9. The van der Waals surface area contributed by atoms with Gasteiger partial charge in [-0.25, -0.2) is 4.98 Å². The van der Waals surface area contributed by atoms with Crippen molar-refractivity contribution < 1.29 is 0 Å². The molecule has 1 aromatic carbocycles. The lowest BCUT2D eigenvalue weighted by Gasteiger charge is -2.10. The van der Waals surface area contributed by atoms with E-state index in [2.05, 4.69) is 42.9 Å². The maximum Gasteiger partial charge on any atom is 0.103 e. The van der Waals surface area contributed by atoms with E-state index in [4.69, 9.17) is 5.73 Å². The Balaban J connectivity index is 2.64. The van der Waals surface area contributed by atoms with Gasteiger partial charge in [0.1, 0.15) is 5.82 Å². The summed E-state index contributed by atoms with van der Waals surface area (Å²) in [6, 6.07) is 4.27. The first-order valence-electron chi connectivity index (χ1n) is 5.87. The highest BCUT2D eigenvalue weighted by molar-refractivity contribution is 5.68. The zero-order chi connectivity index (χ0) is 12.6. The summed E-state index contributed by atoms with van der Waals surface area (Å²) < 4.78 is 0. The highest BCUT2D eigenvalue weighted by Gasteiger charge is 2.13. The Bertz CT molecular complexity index is 553. The number of benzene rings is 1. The van der Waals surface area contributed by atoms with Gasteiger partial charge in [0.2, 0.25) is 0 Å². The predicted octanol–water partition coefficient (Wildman–Crippen LogP) is 2.77. The third kappa shape index (κ3) is 1.98. The van der Waals surface area contributed by atoms with Gasteiger partial charge in [-0.3, -0.25) is 0 Å². The summed E-state index contributed by atoms with van der Waals surface area (Å²) in [5, 5.41) is 0.